The number of nitrogens with zero attached hydrogens (tertiary/aromatic N) is 3. The summed E-state index contributed by atoms with van der Waals surface area (Å²) in [5.74, 6) is 1.35. The van der Waals surface area contributed by atoms with Gasteiger partial charge in [0.2, 0.25) is 0 Å². The van der Waals surface area contributed by atoms with Crippen LogP contribution in [0.15, 0.2) is 41.6 Å². The topological polar surface area (TPSA) is 72.1 Å². The first-order valence-electron chi connectivity index (χ1n) is 11.6. The monoisotopic (exact) mass is 472 g/mol. The third kappa shape index (κ3) is 5.61. The van der Waals surface area contributed by atoms with E-state index >= 15 is 0 Å². The summed E-state index contributed by atoms with van der Waals surface area (Å²) in [6.07, 6.45) is 6.18. The Balaban J connectivity index is 1.56. The third-order valence-corrected chi connectivity index (χ3v) is 7.05. The second-order valence-corrected chi connectivity index (χ2v) is 11.0. The number of aliphatic hydroxyl groups is 1. The van der Waals surface area contributed by atoms with E-state index in [1.54, 1.807) is 12.3 Å². The molecule has 1 saturated carbocycles. The smallest absolute Gasteiger partial charge is 0.252 e. The Hall–Kier alpha value is -2.32. The molecule has 0 spiro atoms. The molecule has 2 heterocycles. The molecular weight excluding hydrogens is 439 g/mol. The van der Waals surface area contributed by atoms with Crippen molar-refractivity contribution in [2.24, 2.45) is 5.92 Å². The number of carbonyl (C=O) groups is 1. The van der Waals surface area contributed by atoms with Gasteiger partial charge in [-0.15, -0.1) is 0 Å². The van der Waals surface area contributed by atoms with Crippen molar-refractivity contribution in [2.45, 2.75) is 69.5 Å². The van der Waals surface area contributed by atoms with E-state index in [1.165, 1.54) is 11.9 Å². The van der Waals surface area contributed by atoms with Gasteiger partial charge in [-0.1, -0.05) is 20.8 Å². The van der Waals surface area contributed by atoms with Crippen LogP contribution in [-0.2, 0) is 12.0 Å². The van der Waals surface area contributed by atoms with E-state index in [4.69, 9.17) is 10.1 Å². The molecule has 1 fully saturated rings. The summed E-state index contributed by atoms with van der Waals surface area (Å²) in [5.41, 5.74) is 2.53. The van der Waals surface area contributed by atoms with E-state index in [0.717, 1.165) is 41.1 Å². The Morgan fingerprint density at radius 2 is 2.00 bits per heavy atom. The molecule has 2 N–H and O–H groups in total. The van der Waals surface area contributed by atoms with Gasteiger partial charge in [0.1, 0.15) is 12.0 Å². The van der Waals surface area contributed by atoms with Crippen LogP contribution in [0.2, 0.25) is 0 Å². The summed E-state index contributed by atoms with van der Waals surface area (Å²) < 4.78 is 17.9. The number of rotatable bonds is 7. The zero-order valence-electron chi connectivity index (χ0n) is 19.6. The zero-order chi connectivity index (χ0) is 23.6. The summed E-state index contributed by atoms with van der Waals surface area (Å²) >= 11 is 1.52. The van der Waals surface area contributed by atoms with Crippen LogP contribution in [-0.4, -0.2) is 43.9 Å². The summed E-state index contributed by atoms with van der Waals surface area (Å²) in [7, 11) is 0. The lowest BCUT2D eigenvalue weighted by molar-refractivity contribution is 0.0945. The molecule has 3 aromatic rings. The highest BCUT2D eigenvalue weighted by molar-refractivity contribution is 7.97. The summed E-state index contributed by atoms with van der Waals surface area (Å²) in [6, 6.07) is 8.06. The average molecular weight is 473 g/mol. The second-order valence-electron chi connectivity index (χ2n) is 9.90. The number of carbonyl (C=O) groups excluding carboxylic acids is 1. The summed E-state index contributed by atoms with van der Waals surface area (Å²) in [4.78, 5) is 18.1. The second kappa shape index (κ2) is 9.89. The molecule has 1 aliphatic carbocycles. The highest BCUT2D eigenvalue weighted by Gasteiger charge is 2.27. The lowest BCUT2D eigenvalue weighted by atomic mass is 9.87. The van der Waals surface area contributed by atoms with Crippen molar-refractivity contribution < 1.29 is 14.3 Å². The average Bonchev–Trinajstić information content (AvgIpc) is 3.38. The molecule has 0 aliphatic heterocycles. The molecular formula is C25H33FN4O2S. The van der Waals surface area contributed by atoms with Gasteiger partial charge in [-0.2, -0.15) is 0 Å². The van der Waals surface area contributed by atoms with Crippen LogP contribution in [0.5, 0.6) is 0 Å². The minimum absolute atomic E-state index is 0.0818. The van der Waals surface area contributed by atoms with Crippen molar-refractivity contribution in [1.29, 1.82) is 0 Å². The number of aromatic nitrogens is 3. The van der Waals surface area contributed by atoms with E-state index in [1.807, 2.05) is 10.2 Å². The molecule has 4 rings (SSSR count). The largest absolute Gasteiger partial charge is 0.395 e. The fourth-order valence-corrected chi connectivity index (χ4v) is 5.27. The Morgan fingerprint density at radius 1 is 1.24 bits per heavy atom. The Morgan fingerprint density at radius 3 is 2.70 bits per heavy atom. The minimum Gasteiger partial charge on any atom is -0.395 e. The van der Waals surface area contributed by atoms with E-state index in [9.17, 15) is 9.18 Å². The molecule has 0 unspecified atom stereocenters. The first-order chi connectivity index (χ1) is 15.7. The first-order valence-corrected chi connectivity index (χ1v) is 12.4. The maximum atomic E-state index is 13.6. The molecule has 0 saturated heterocycles. The Bertz CT molecular complexity index is 1110. The number of nitrogens with one attached hydrogen (secondary N) is 1. The van der Waals surface area contributed by atoms with Crippen molar-refractivity contribution in [3.05, 3.63) is 48.0 Å². The van der Waals surface area contributed by atoms with Gasteiger partial charge in [0.05, 0.1) is 23.2 Å². The van der Waals surface area contributed by atoms with Crippen LogP contribution >= 0.6 is 11.9 Å². The standard InChI is InChI=1S/C25H33FN4O2S/c1-25(2,3)24-28-21-14-20(33-29-12-10-18(16-29)23(32)27-11-13-31)8-9-22(21)30(24)15-17-4-6-19(26)7-5-17/h8-10,12,14,16-17,19,31H,4-7,11,13,15H2,1-3H3,(H,27,32). The van der Waals surface area contributed by atoms with E-state index in [-0.39, 0.29) is 24.5 Å². The normalized spacial score (nSPS) is 19.2. The number of halogens is 1. The fourth-order valence-electron chi connectivity index (χ4n) is 4.45. The zero-order valence-corrected chi connectivity index (χ0v) is 20.4. The maximum absolute atomic E-state index is 13.6. The lowest BCUT2D eigenvalue weighted by Crippen LogP contribution is -2.25. The molecule has 33 heavy (non-hydrogen) atoms. The van der Waals surface area contributed by atoms with Gasteiger partial charge in [-0.05, 0) is 67.8 Å². The molecule has 0 atom stereocenters. The molecule has 1 amide bonds. The molecule has 0 radical (unpaired) electrons. The SMILES string of the molecule is CC(C)(C)c1nc2cc(Sn3ccc(C(=O)NCCO)c3)ccc2n1CC1CCC(F)CC1. The van der Waals surface area contributed by atoms with Crippen molar-refractivity contribution in [3.63, 3.8) is 0 Å². The van der Waals surface area contributed by atoms with E-state index < -0.39 is 6.17 Å². The first kappa shape index (κ1) is 23.8. The number of fused-ring (bicyclic) bond motifs is 1. The van der Waals surface area contributed by atoms with Gasteiger partial charge in [0, 0.05) is 35.8 Å². The van der Waals surface area contributed by atoms with Crippen LogP contribution in [0.1, 0.15) is 62.6 Å². The van der Waals surface area contributed by atoms with Gasteiger partial charge in [-0.3, -0.25) is 8.77 Å². The van der Waals surface area contributed by atoms with Crippen molar-refractivity contribution >= 4 is 28.9 Å². The number of hydrogen-bond donors (Lipinski definition) is 2. The Labute approximate surface area is 198 Å². The highest BCUT2D eigenvalue weighted by Crippen LogP contribution is 2.33. The summed E-state index contributed by atoms with van der Waals surface area (Å²) in [6.45, 7) is 7.58. The van der Waals surface area contributed by atoms with Gasteiger partial charge in [0.15, 0.2) is 0 Å². The van der Waals surface area contributed by atoms with Crippen LogP contribution < -0.4 is 5.32 Å². The van der Waals surface area contributed by atoms with Crippen molar-refractivity contribution in [1.82, 2.24) is 18.8 Å². The molecule has 1 aliphatic rings. The maximum Gasteiger partial charge on any atom is 0.252 e. The number of aliphatic hydroxyl groups excluding tert-OH is 1. The van der Waals surface area contributed by atoms with Crippen LogP contribution in [0, 0.1) is 5.92 Å². The van der Waals surface area contributed by atoms with Gasteiger partial charge >= 0.3 is 0 Å². The third-order valence-electron chi connectivity index (χ3n) is 6.15. The number of amides is 1. The lowest BCUT2D eigenvalue weighted by Gasteiger charge is -2.27. The number of benzene rings is 1. The van der Waals surface area contributed by atoms with Gasteiger partial charge in [-0.25, -0.2) is 9.37 Å². The number of imidazole rings is 1. The Kier molecular flexibility index (Phi) is 7.14. The predicted octanol–water partition coefficient (Wildman–Crippen LogP) is 4.94. The number of alkyl halides is 1. The highest BCUT2D eigenvalue weighted by atomic mass is 32.2. The molecule has 0 bridgehead atoms. The van der Waals surface area contributed by atoms with E-state index in [2.05, 4.69) is 48.9 Å². The van der Waals surface area contributed by atoms with Crippen LogP contribution in [0.3, 0.4) is 0 Å². The quantitative estimate of drug-likeness (QED) is 0.511. The fraction of sp³-hybridized carbons (Fsp3) is 0.520. The molecule has 1 aromatic carbocycles. The molecule has 178 valence electrons. The molecule has 8 heteroatoms. The molecule has 6 nitrogen and oxygen atoms in total. The van der Waals surface area contributed by atoms with Gasteiger partial charge in [0.25, 0.3) is 5.91 Å². The van der Waals surface area contributed by atoms with Crippen molar-refractivity contribution in [2.75, 3.05) is 13.2 Å². The summed E-state index contributed by atoms with van der Waals surface area (Å²) in [5, 5.41) is 11.5. The van der Waals surface area contributed by atoms with Crippen LogP contribution in [0.4, 0.5) is 4.39 Å². The van der Waals surface area contributed by atoms with Crippen molar-refractivity contribution in [3.8, 4) is 0 Å². The minimum atomic E-state index is -0.641. The van der Waals surface area contributed by atoms with Gasteiger partial charge < -0.3 is 15.0 Å². The van der Waals surface area contributed by atoms with E-state index in [0.29, 0.717) is 24.3 Å². The van der Waals surface area contributed by atoms with Crippen LogP contribution in [0.25, 0.3) is 11.0 Å². The molecule has 2 aromatic heterocycles. The predicted molar refractivity (Wildman–Crippen MR) is 130 cm³/mol. The number of hydrogen-bond acceptors (Lipinski definition) is 4.